The molecule has 0 N–H and O–H groups in total. The molecule has 1 aromatic carbocycles. The summed E-state index contributed by atoms with van der Waals surface area (Å²) in [5.41, 5.74) is 2.25. The van der Waals surface area contributed by atoms with Crippen molar-refractivity contribution in [3.05, 3.63) is 22.8 Å². The van der Waals surface area contributed by atoms with Crippen LogP contribution in [0.5, 0.6) is 5.75 Å². The van der Waals surface area contributed by atoms with Crippen LogP contribution in [0.15, 0.2) is 11.0 Å². The molecular formula is C19H28N2O5S. The lowest BCUT2D eigenvalue weighted by Crippen LogP contribution is -2.49. The molecule has 0 radical (unpaired) electrons. The quantitative estimate of drug-likeness (QED) is 0.782. The molecule has 2 saturated heterocycles. The number of carbonyl (C=O) groups is 1. The maximum Gasteiger partial charge on any atom is 0.410 e. The standard InChI is InChI=1S/C19H28N2O5S/c1-12-10-17(25-5)14(3)15(4)18(12)27(23,24)20-8-6-16(7-9-20)21-13(2)11-26-19(21)22/h10,13,16H,6-9,11H2,1-5H3. The van der Waals surface area contributed by atoms with Crippen LogP contribution >= 0.6 is 0 Å². The number of piperidine rings is 1. The van der Waals surface area contributed by atoms with E-state index in [-0.39, 0.29) is 18.2 Å². The molecule has 2 heterocycles. The smallest absolute Gasteiger partial charge is 0.410 e. The van der Waals surface area contributed by atoms with Gasteiger partial charge in [0, 0.05) is 19.1 Å². The predicted molar refractivity (Wildman–Crippen MR) is 102 cm³/mol. The van der Waals surface area contributed by atoms with E-state index in [1.807, 2.05) is 20.8 Å². The Bertz CT molecular complexity index is 844. The molecule has 2 aliphatic heterocycles. The molecule has 150 valence electrons. The van der Waals surface area contributed by atoms with Crippen molar-refractivity contribution in [3.8, 4) is 5.75 Å². The summed E-state index contributed by atoms with van der Waals surface area (Å²) in [6.07, 6.45) is 0.943. The van der Waals surface area contributed by atoms with E-state index in [4.69, 9.17) is 9.47 Å². The number of carbonyl (C=O) groups excluding carboxylic acids is 1. The molecule has 7 nitrogen and oxygen atoms in total. The van der Waals surface area contributed by atoms with Gasteiger partial charge in [-0.05, 0) is 63.3 Å². The third-order valence-corrected chi connectivity index (χ3v) is 7.94. The Kier molecular flexibility index (Phi) is 5.40. The van der Waals surface area contributed by atoms with Crippen molar-refractivity contribution in [2.24, 2.45) is 0 Å². The number of ether oxygens (including phenoxy) is 2. The summed E-state index contributed by atoms with van der Waals surface area (Å²) in [7, 11) is -2.01. The van der Waals surface area contributed by atoms with Gasteiger partial charge in [0.1, 0.15) is 12.4 Å². The van der Waals surface area contributed by atoms with Crippen molar-refractivity contribution < 1.29 is 22.7 Å². The van der Waals surface area contributed by atoms with Crippen LogP contribution in [0.1, 0.15) is 36.5 Å². The maximum atomic E-state index is 13.3. The Hall–Kier alpha value is -1.80. The first-order valence-corrected chi connectivity index (χ1v) is 10.7. The van der Waals surface area contributed by atoms with Crippen LogP contribution in [0.2, 0.25) is 0 Å². The van der Waals surface area contributed by atoms with E-state index in [1.54, 1.807) is 25.0 Å². The Morgan fingerprint density at radius 1 is 1.15 bits per heavy atom. The summed E-state index contributed by atoms with van der Waals surface area (Å²) in [6, 6.07) is 1.85. The molecular weight excluding hydrogens is 368 g/mol. The molecule has 27 heavy (non-hydrogen) atoms. The van der Waals surface area contributed by atoms with E-state index in [2.05, 4.69) is 0 Å². The van der Waals surface area contributed by atoms with Crippen LogP contribution in [0.25, 0.3) is 0 Å². The van der Waals surface area contributed by atoms with Crippen LogP contribution in [0.3, 0.4) is 0 Å². The molecule has 1 atom stereocenters. The molecule has 0 spiro atoms. The van der Waals surface area contributed by atoms with E-state index in [1.165, 1.54) is 4.31 Å². The first-order chi connectivity index (χ1) is 12.7. The van der Waals surface area contributed by atoms with Crippen LogP contribution < -0.4 is 4.74 Å². The Morgan fingerprint density at radius 2 is 1.78 bits per heavy atom. The summed E-state index contributed by atoms with van der Waals surface area (Å²) < 4.78 is 38.6. The van der Waals surface area contributed by atoms with Gasteiger partial charge in [0.25, 0.3) is 0 Å². The van der Waals surface area contributed by atoms with Crippen LogP contribution in [0, 0.1) is 20.8 Å². The van der Waals surface area contributed by atoms with E-state index < -0.39 is 10.0 Å². The van der Waals surface area contributed by atoms with Gasteiger partial charge in [-0.25, -0.2) is 13.2 Å². The number of hydrogen-bond donors (Lipinski definition) is 0. The summed E-state index contributed by atoms with van der Waals surface area (Å²) >= 11 is 0. The van der Waals surface area contributed by atoms with Crippen molar-refractivity contribution in [2.45, 2.75) is 57.5 Å². The molecule has 8 heteroatoms. The van der Waals surface area contributed by atoms with Crippen molar-refractivity contribution >= 4 is 16.1 Å². The highest BCUT2D eigenvalue weighted by Gasteiger charge is 2.39. The highest BCUT2D eigenvalue weighted by molar-refractivity contribution is 7.89. The molecule has 0 bridgehead atoms. The van der Waals surface area contributed by atoms with Crippen molar-refractivity contribution in [1.29, 1.82) is 0 Å². The van der Waals surface area contributed by atoms with Gasteiger partial charge in [-0.2, -0.15) is 4.31 Å². The second kappa shape index (κ2) is 7.31. The zero-order valence-electron chi connectivity index (χ0n) is 16.6. The van der Waals surface area contributed by atoms with Crippen LogP contribution in [-0.2, 0) is 14.8 Å². The average Bonchev–Trinajstić information content (AvgIpc) is 2.96. The zero-order valence-corrected chi connectivity index (χ0v) is 17.4. The number of hydrogen-bond acceptors (Lipinski definition) is 5. The van der Waals surface area contributed by atoms with E-state index >= 15 is 0 Å². The fourth-order valence-electron chi connectivity index (χ4n) is 4.16. The fraction of sp³-hybridized carbons (Fsp3) is 0.632. The molecule has 1 unspecified atom stereocenters. The van der Waals surface area contributed by atoms with E-state index in [0.29, 0.717) is 48.7 Å². The number of benzene rings is 1. The Morgan fingerprint density at radius 3 is 2.30 bits per heavy atom. The number of methoxy groups -OCH3 is 1. The van der Waals surface area contributed by atoms with Crippen molar-refractivity contribution in [1.82, 2.24) is 9.21 Å². The Labute approximate surface area is 161 Å². The maximum absolute atomic E-state index is 13.3. The molecule has 3 rings (SSSR count). The lowest BCUT2D eigenvalue weighted by Gasteiger charge is -2.37. The second-order valence-corrected chi connectivity index (χ2v) is 9.32. The van der Waals surface area contributed by atoms with Gasteiger partial charge in [-0.15, -0.1) is 0 Å². The number of amides is 1. The number of cyclic esters (lactones) is 1. The normalized spacial score (nSPS) is 22.2. The molecule has 0 saturated carbocycles. The third kappa shape index (κ3) is 3.40. The van der Waals surface area contributed by atoms with Gasteiger partial charge < -0.3 is 9.47 Å². The minimum absolute atomic E-state index is 0.0289. The number of nitrogens with zero attached hydrogens (tertiary/aromatic N) is 2. The van der Waals surface area contributed by atoms with Gasteiger partial charge in [0.15, 0.2) is 0 Å². The molecule has 2 aliphatic rings. The largest absolute Gasteiger partial charge is 0.496 e. The summed E-state index contributed by atoms with van der Waals surface area (Å²) in [5.74, 6) is 0.698. The van der Waals surface area contributed by atoms with Crippen LogP contribution in [-0.4, -0.2) is 62.6 Å². The summed E-state index contributed by atoms with van der Waals surface area (Å²) in [5, 5.41) is 0. The molecule has 1 aromatic rings. The second-order valence-electron chi connectivity index (χ2n) is 7.44. The zero-order chi connectivity index (χ0) is 19.9. The molecule has 1 amide bonds. The number of sulfonamides is 1. The highest BCUT2D eigenvalue weighted by Crippen LogP contribution is 2.34. The van der Waals surface area contributed by atoms with Gasteiger partial charge in [0.2, 0.25) is 10.0 Å². The first kappa shape index (κ1) is 19.9. The van der Waals surface area contributed by atoms with Gasteiger partial charge in [-0.3, -0.25) is 4.90 Å². The predicted octanol–water partition coefficient (Wildman–Crippen LogP) is 2.61. The average molecular weight is 397 g/mol. The summed E-state index contributed by atoms with van der Waals surface area (Å²) in [6.45, 7) is 8.66. The minimum atomic E-state index is -3.60. The van der Waals surface area contributed by atoms with Crippen molar-refractivity contribution in [2.75, 3.05) is 26.8 Å². The molecule has 0 aliphatic carbocycles. The minimum Gasteiger partial charge on any atom is -0.496 e. The van der Waals surface area contributed by atoms with Gasteiger partial charge >= 0.3 is 6.09 Å². The highest BCUT2D eigenvalue weighted by atomic mass is 32.2. The molecule has 0 aromatic heterocycles. The lowest BCUT2D eigenvalue weighted by molar-refractivity contribution is 0.127. The van der Waals surface area contributed by atoms with Gasteiger partial charge in [-0.1, -0.05) is 0 Å². The van der Waals surface area contributed by atoms with Gasteiger partial charge in [0.05, 0.1) is 18.0 Å². The SMILES string of the molecule is COc1cc(C)c(S(=O)(=O)N2CCC(N3C(=O)OCC3C)CC2)c(C)c1C. The topological polar surface area (TPSA) is 76.2 Å². The molecule has 2 fully saturated rings. The monoisotopic (exact) mass is 396 g/mol. The van der Waals surface area contributed by atoms with E-state index in [9.17, 15) is 13.2 Å². The lowest BCUT2D eigenvalue weighted by atomic mass is 10.0. The third-order valence-electron chi connectivity index (χ3n) is 5.75. The summed E-state index contributed by atoms with van der Waals surface area (Å²) in [4.78, 5) is 14.1. The first-order valence-electron chi connectivity index (χ1n) is 9.28. The Balaban J connectivity index is 1.82. The van der Waals surface area contributed by atoms with Crippen molar-refractivity contribution in [3.63, 3.8) is 0 Å². The number of rotatable bonds is 4. The van der Waals surface area contributed by atoms with Crippen LogP contribution in [0.4, 0.5) is 4.79 Å². The number of aryl methyl sites for hydroxylation is 1. The fourth-order valence-corrected chi connectivity index (χ4v) is 6.11. The van der Waals surface area contributed by atoms with E-state index in [0.717, 1.165) is 11.1 Å².